The van der Waals surface area contributed by atoms with Crippen LogP contribution < -0.4 is 4.90 Å². The molecular formula is C23H22N2O3S. The molecule has 0 aromatic heterocycles. The van der Waals surface area contributed by atoms with Gasteiger partial charge in [-0.25, -0.2) is 8.42 Å². The van der Waals surface area contributed by atoms with E-state index in [0.29, 0.717) is 12.2 Å². The molecule has 0 unspecified atom stereocenters. The zero-order valence-electron chi connectivity index (χ0n) is 16.2. The lowest BCUT2D eigenvalue weighted by molar-refractivity contribution is -0.119. The van der Waals surface area contributed by atoms with Crippen LogP contribution in [0.25, 0.3) is 0 Å². The third kappa shape index (κ3) is 3.81. The summed E-state index contributed by atoms with van der Waals surface area (Å²) in [4.78, 5) is 14.9. The van der Waals surface area contributed by atoms with Gasteiger partial charge in [0.1, 0.15) is 4.90 Å². The van der Waals surface area contributed by atoms with Crippen molar-refractivity contribution >= 4 is 21.6 Å². The number of nitrogens with zero attached hydrogens (tertiary/aromatic N) is 2. The average molecular weight is 407 g/mol. The van der Waals surface area contributed by atoms with Gasteiger partial charge >= 0.3 is 0 Å². The summed E-state index contributed by atoms with van der Waals surface area (Å²) in [5.74, 6) is -0.240. The highest BCUT2D eigenvalue weighted by molar-refractivity contribution is 7.89. The lowest BCUT2D eigenvalue weighted by Gasteiger charge is -2.22. The zero-order valence-corrected chi connectivity index (χ0v) is 17.0. The first kappa shape index (κ1) is 19.4. The summed E-state index contributed by atoms with van der Waals surface area (Å²) in [6, 6.07) is 24.0. The van der Waals surface area contributed by atoms with Crippen molar-refractivity contribution in [1.29, 1.82) is 0 Å². The number of hydrogen-bond donors (Lipinski definition) is 0. The number of anilines is 1. The van der Waals surface area contributed by atoms with Crippen LogP contribution in [-0.2, 0) is 27.9 Å². The Morgan fingerprint density at radius 2 is 1.48 bits per heavy atom. The molecule has 0 aliphatic carbocycles. The predicted octanol–water partition coefficient (Wildman–Crippen LogP) is 3.73. The van der Waals surface area contributed by atoms with Gasteiger partial charge in [-0.2, -0.15) is 4.31 Å². The highest BCUT2D eigenvalue weighted by atomic mass is 32.2. The summed E-state index contributed by atoms with van der Waals surface area (Å²) in [7, 11) is -3.82. The van der Waals surface area contributed by atoms with Crippen molar-refractivity contribution in [3.8, 4) is 0 Å². The second-order valence-electron chi connectivity index (χ2n) is 7.13. The molecule has 1 aliphatic heterocycles. The van der Waals surface area contributed by atoms with Gasteiger partial charge in [0.25, 0.3) is 0 Å². The topological polar surface area (TPSA) is 57.7 Å². The van der Waals surface area contributed by atoms with Crippen LogP contribution in [0.2, 0.25) is 0 Å². The monoisotopic (exact) mass is 406 g/mol. The SMILES string of the molecule is Cc1ccccc1CN1CC(=O)N(Cc2ccccc2)c2ccccc2S1(=O)=O. The fourth-order valence-electron chi connectivity index (χ4n) is 3.55. The zero-order chi connectivity index (χ0) is 20.4. The van der Waals surface area contributed by atoms with Gasteiger partial charge in [0.05, 0.1) is 18.8 Å². The molecule has 148 valence electrons. The third-order valence-corrected chi connectivity index (χ3v) is 7.02. The van der Waals surface area contributed by atoms with Crippen LogP contribution >= 0.6 is 0 Å². The summed E-state index contributed by atoms with van der Waals surface area (Å²) in [6.45, 7) is 2.23. The summed E-state index contributed by atoms with van der Waals surface area (Å²) in [5, 5.41) is 0. The highest BCUT2D eigenvalue weighted by Gasteiger charge is 2.36. The van der Waals surface area contributed by atoms with E-state index in [9.17, 15) is 13.2 Å². The largest absolute Gasteiger partial charge is 0.305 e. The normalized spacial score (nSPS) is 16.3. The smallest absolute Gasteiger partial charge is 0.245 e. The van der Waals surface area contributed by atoms with Crippen LogP contribution in [0, 0.1) is 6.92 Å². The number of rotatable bonds is 4. The van der Waals surface area contributed by atoms with Crippen LogP contribution in [0.5, 0.6) is 0 Å². The maximum Gasteiger partial charge on any atom is 0.245 e. The second kappa shape index (κ2) is 7.81. The number of fused-ring (bicyclic) bond motifs is 1. The van der Waals surface area contributed by atoms with Gasteiger partial charge in [-0.15, -0.1) is 0 Å². The Bertz CT molecular complexity index is 1140. The molecule has 0 radical (unpaired) electrons. The molecule has 4 rings (SSSR count). The van der Waals surface area contributed by atoms with Gasteiger partial charge in [-0.05, 0) is 35.7 Å². The van der Waals surface area contributed by atoms with Crippen LogP contribution in [0.4, 0.5) is 5.69 Å². The van der Waals surface area contributed by atoms with E-state index < -0.39 is 10.0 Å². The molecule has 0 spiro atoms. The molecule has 3 aromatic carbocycles. The molecule has 0 saturated carbocycles. The number of benzene rings is 3. The van der Waals surface area contributed by atoms with Crippen molar-refractivity contribution in [2.45, 2.75) is 24.9 Å². The molecule has 5 nitrogen and oxygen atoms in total. The van der Waals surface area contributed by atoms with Gasteiger partial charge in [0, 0.05) is 6.54 Å². The van der Waals surface area contributed by atoms with E-state index in [-0.39, 0.29) is 23.9 Å². The van der Waals surface area contributed by atoms with E-state index in [1.54, 1.807) is 29.2 Å². The summed E-state index contributed by atoms with van der Waals surface area (Å²) >= 11 is 0. The fraction of sp³-hybridized carbons (Fsp3) is 0.174. The fourth-order valence-corrected chi connectivity index (χ4v) is 5.11. The standard InChI is InChI=1S/C23H22N2O3S/c1-18-9-5-6-12-20(18)16-24-17-23(26)25(15-19-10-3-2-4-11-19)21-13-7-8-14-22(21)29(24,27)28/h2-14H,15-17H2,1H3. The Kier molecular flexibility index (Phi) is 5.22. The minimum absolute atomic E-state index is 0.161. The van der Waals surface area contributed by atoms with Crippen LogP contribution in [-0.4, -0.2) is 25.2 Å². The lowest BCUT2D eigenvalue weighted by atomic mass is 10.1. The number of carbonyl (C=O) groups is 1. The van der Waals surface area contributed by atoms with Gasteiger partial charge < -0.3 is 4.90 Å². The van der Waals surface area contributed by atoms with Crippen molar-refractivity contribution in [3.63, 3.8) is 0 Å². The Hall–Kier alpha value is -2.96. The number of para-hydroxylation sites is 1. The van der Waals surface area contributed by atoms with Crippen molar-refractivity contribution < 1.29 is 13.2 Å². The first-order chi connectivity index (χ1) is 14.0. The Morgan fingerprint density at radius 1 is 0.828 bits per heavy atom. The second-order valence-corrected chi connectivity index (χ2v) is 9.04. The quantitative estimate of drug-likeness (QED) is 0.663. The average Bonchev–Trinajstić information content (AvgIpc) is 2.80. The van der Waals surface area contributed by atoms with Crippen molar-refractivity contribution in [3.05, 3.63) is 95.6 Å². The maximum absolute atomic E-state index is 13.4. The minimum Gasteiger partial charge on any atom is -0.305 e. The minimum atomic E-state index is -3.82. The molecule has 0 saturated heterocycles. The predicted molar refractivity (Wildman–Crippen MR) is 113 cm³/mol. The number of aryl methyl sites for hydroxylation is 1. The molecule has 0 fully saturated rings. The number of sulfonamides is 1. The van der Waals surface area contributed by atoms with E-state index >= 15 is 0 Å². The van der Waals surface area contributed by atoms with Gasteiger partial charge in [-0.3, -0.25) is 4.79 Å². The van der Waals surface area contributed by atoms with Crippen LogP contribution in [0.1, 0.15) is 16.7 Å². The van der Waals surface area contributed by atoms with E-state index in [4.69, 9.17) is 0 Å². The molecule has 6 heteroatoms. The van der Waals surface area contributed by atoms with Crippen molar-refractivity contribution in [2.24, 2.45) is 0 Å². The first-order valence-electron chi connectivity index (χ1n) is 9.45. The molecule has 0 bridgehead atoms. The molecule has 29 heavy (non-hydrogen) atoms. The maximum atomic E-state index is 13.4. The summed E-state index contributed by atoms with van der Waals surface area (Å²) in [6.07, 6.45) is 0. The van der Waals surface area contributed by atoms with Crippen molar-refractivity contribution in [1.82, 2.24) is 4.31 Å². The Balaban J connectivity index is 1.77. The molecule has 1 heterocycles. The summed E-state index contributed by atoms with van der Waals surface area (Å²) in [5.41, 5.74) is 3.25. The van der Waals surface area contributed by atoms with E-state index in [1.807, 2.05) is 61.5 Å². The number of amides is 1. The van der Waals surface area contributed by atoms with E-state index in [2.05, 4.69) is 0 Å². The lowest BCUT2D eigenvalue weighted by Crippen LogP contribution is -2.38. The molecule has 1 amide bonds. The Labute approximate surface area is 171 Å². The van der Waals surface area contributed by atoms with Crippen LogP contribution in [0.15, 0.2) is 83.8 Å². The van der Waals surface area contributed by atoms with E-state index in [0.717, 1.165) is 16.7 Å². The molecule has 3 aromatic rings. The van der Waals surface area contributed by atoms with Gasteiger partial charge in [-0.1, -0.05) is 66.7 Å². The van der Waals surface area contributed by atoms with Gasteiger partial charge in [0.15, 0.2) is 0 Å². The number of carbonyl (C=O) groups excluding carboxylic acids is 1. The highest BCUT2D eigenvalue weighted by Crippen LogP contribution is 2.33. The molecule has 0 N–H and O–H groups in total. The number of hydrogen-bond acceptors (Lipinski definition) is 3. The molecule has 0 atom stereocenters. The first-order valence-corrected chi connectivity index (χ1v) is 10.9. The van der Waals surface area contributed by atoms with Crippen LogP contribution in [0.3, 0.4) is 0 Å². The molecule has 1 aliphatic rings. The van der Waals surface area contributed by atoms with Crippen molar-refractivity contribution in [2.75, 3.05) is 11.4 Å². The Morgan fingerprint density at radius 3 is 2.24 bits per heavy atom. The summed E-state index contributed by atoms with van der Waals surface area (Å²) < 4.78 is 28.1. The van der Waals surface area contributed by atoms with E-state index in [1.165, 1.54) is 4.31 Å². The third-order valence-electron chi connectivity index (χ3n) is 5.18. The molecular weight excluding hydrogens is 384 g/mol. The van der Waals surface area contributed by atoms with Gasteiger partial charge in [0.2, 0.25) is 15.9 Å².